The second-order valence-corrected chi connectivity index (χ2v) is 4.31. The van der Waals surface area contributed by atoms with Gasteiger partial charge >= 0.3 is 0 Å². The van der Waals surface area contributed by atoms with E-state index in [1.807, 2.05) is 43.3 Å². The number of nitriles is 1. The lowest BCUT2D eigenvalue weighted by Gasteiger charge is -2.16. The summed E-state index contributed by atoms with van der Waals surface area (Å²) in [7, 11) is 0. The molecule has 0 aliphatic carbocycles. The van der Waals surface area contributed by atoms with Crippen LogP contribution < -0.4 is 5.32 Å². The molecule has 0 aromatic heterocycles. The number of aromatic hydroxyl groups is 1. The zero-order valence-electron chi connectivity index (χ0n) is 10.4. The predicted molar refractivity (Wildman–Crippen MR) is 72.3 cm³/mol. The minimum absolute atomic E-state index is 0.0305. The zero-order chi connectivity index (χ0) is 13.0. The van der Waals surface area contributed by atoms with Gasteiger partial charge in [0.15, 0.2) is 0 Å². The van der Waals surface area contributed by atoms with Crippen molar-refractivity contribution in [2.24, 2.45) is 0 Å². The van der Waals surface area contributed by atoms with Gasteiger partial charge in [0.1, 0.15) is 5.75 Å². The van der Waals surface area contributed by atoms with Crippen molar-refractivity contribution in [1.82, 2.24) is 5.32 Å². The van der Waals surface area contributed by atoms with Gasteiger partial charge in [-0.05, 0) is 12.3 Å². The fourth-order valence-electron chi connectivity index (χ4n) is 2.08. The molecule has 0 aliphatic heterocycles. The standard InChI is InChI=1S/C15H16N2O/c1-11(17-10-4-9-16)13-8-7-12-5-2-3-6-14(12)15(13)18/h2-3,5-8,11,17-18H,4,10H2,1H3. The van der Waals surface area contributed by atoms with Crippen molar-refractivity contribution in [1.29, 1.82) is 5.26 Å². The van der Waals surface area contributed by atoms with Gasteiger partial charge in [-0.2, -0.15) is 5.26 Å². The molecule has 1 atom stereocenters. The smallest absolute Gasteiger partial charge is 0.128 e. The molecule has 0 saturated heterocycles. The molecule has 0 aliphatic rings. The highest BCUT2D eigenvalue weighted by Crippen LogP contribution is 2.32. The van der Waals surface area contributed by atoms with Crippen LogP contribution in [0.3, 0.4) is 0 Å². The number of nitrogens with zero attached hydrogens (tertiary/aromatic N) is 1. The van der Waals surface area contributed by atoms with Gasteiger partial charge in [0.2, 0.25) is 0 Å². The van der Waals surface area contributed by atoms with Crippen molar-refractivity contribution in [3.8, 4) is 11.8 Å². The molecule has 0 radical (unpaired) electrons. The largest absolute Gasteiger partial charge is 0.507 e. The minimum Gasteiger partial charge on any atom is -0.507 e. The van der Waals surface area contributed by atoms with Gasteiger partial charge in [0, 0.05) is 30.0 Å². The number of benzene rings is 2. The van der Waals surface area contributed by atoms with Crippen LogP contribution in [0.4, 0.5) is 0 Å². The molecule has 2 aromatic carbocycles. The molecule has 0 fully saturated rings. The summed E-state index contributed by atoms with van der Waals surface area (Å²) in [6.07, 6.45) is 0.471. The second-order valence-electron chi connectivity index (χ2n) is 4.31. The summed E-state index contributed by atoms with van der Waals surface area (Å²) in [5, 5.41) is 23.9. The van der Waals surface area contributed by atoms with Crippen molar-refractivity contribution in [3.05, 3.63) is 42.0 Å². The lowest BCUT2D eigenvalue weighted by atomic mass is 10.0. The summed E-state index contributed by atoms with van der Waals surface area (Å²) in [6.45, 7) is 2.62. The van der Waals surface area contributed by atoms with Crippen LogP contribution in [0.15, 0.2) is 36.4 Å². The summed E-state index contributed by atoms with van der Waals surface area (Å²) in [6, 6.07) is 13.8. The first-order chi connectivity index (χ1) is 8.74. The summed E-state index contributed by atoms with van der Waals surface area (Å²) in [4.78, 5) is 0. The van der Waals surface area contributed by atoms with Crippen molar-refractivity contribution >= 4 is 10.8 Å². The van der Waals surface area contributed by atoms with Crippen molar-refractivity contribution < 1.29 is 5.11 Å². The van der Waals surface area contributed by atoms with E-state index in [4.69, 9.17) is 5.26 Å². The van der Waals surface area contributed by atoms with Gasteiger partial charge in [0.05, 0.1) is 6.07 Å². The first kappa shape index (κ1) is 12.4. The topological polar surface area (TPSA) is 56.0 Å². The molecular formula is C15H16N2O. The normalized spacial score (nSPS) is 12.2. The maximum atomic E-state index is 10.3. The number of phenols is 1. The third-order valence-electron chi connectivity index (χ3n) is 3.09. The number of hydrogen-bond donors (Lipinski definition) is 2. The number of fused-ring (bicyclic) bond motifs is 1. The van der Waals surface area contributed by atoms with E-state index in [1.54, 1.807) is 0 Å². The molecule has 2 aromatic rings. The molecule has 3 heteroatoms. The number of phenolic OH excluding ortho intramolecular Hbond substituents is 1. The van der Waals surface area contributed by atoms with Gasteiger partial charge in [-0.15, -0.1) is 0 Å². The Kier molecular flexibility index (Phi) is 3.81. The maximum Gasteiger partial charge on any atom is 0.128 e. The van der Waals surface area contributed by atoms with E-state index in [1.165, 1.54) is 0 Å². The minimum atomic E-state index is 0.0305. The third-order valence-corrected chi connectivity index (χ3v) is 3.09. The fourth-order valence-corrected chi connectivity index (χ4v) is 2.08. The third kappa shape index (κ3) is 2.44. The van der Waals surface area contributed by atoms with Crippen molar-refractivity contribution in [2.75, 3.05) is 6.54 Å². The lowest BCUT2D eigenvalue weighted by Crippen LogP contribution is -2.19. The Bertz CT molecular complexity index is 587. The Morgan fingerprint density at radius 1 is 1.28 bits per heavy atom. The molecule has 2 rings (SSSR count). The van der Waals surface area contributed by atoms with Crippen LogP contribution in [-0.4, -0.2) is 11.7 Å². The molecule has 18 heavy (non-hydrogen) atoms. The van der Waals surface area contributed by atoms with Crippen LogP contribution in [0.5, 0.6) is 5.75 Å². The van der Waals surface area contributed by atoms with Crippen molar-refractivity contribution in [3.63, 3.8) is 0 Å². The number of nitrogens with one attached hydrogen (secondary N) is 1. The van der Waals surface area contributed by atoms with Crippen LogP contribution in [0.25, 0.3) is 10.8 Å². The van der Waals surface area contributed by atoms with E-state index >= 15 is 0 Å². The predicted octanol–water partition coefficient (Wildman–Crippen LogP) is 3.11. The quantitative estimate of drug-likeness (QED) is 0.807. The first-order valence-electron chi connectivity index (χ1n) is 6.05. The van der Waals surface area contributed by atoms with E-state index in [-0.39, 0.29) is 6.04 Å². The van der Waals surface area contributed by atoms with Crippen LogP contribution in [-0.2, 0) is 0 Å². The Balaban J connectivity index is 2.28. The monoisotopic (exact) mass is 240 g/mol. The maximum absolute atomic E-state index is 10.3. The van der Waals surface area contributed by atoms with Crippen LogP contribution in [0.1, 0.15) is 24.9 Å². The molecule has 0 bridgehead atoms. The molecule has 92 valence electrons. The number of hydrogen-bond acceptors (Lipinski definition) is 3. The van der Waals surface area contributed by atoms with Gasteiger partial charge in [0.25, 0.3) is 0 Å². The fraction of sp³-hybridized carbons (Fsp3) is 0.267. The average molecular weight is 240 g/mol. The highest BCUT2D eigenvalue weighted by atomic mass is 16.3. The van der Waals surface area contributed by atoms with Crippen LogP contribution in [0.2, 0.25) is 0 Å². The Hall–Kier alpha value is -2.05. The molecule has 1 unspecified atom stereocenters. The van der Waals surface area contributed by atoms with Gasteiger partial charge in [-0.25, -0.2) is 0 Å². The molecular weight excluding hydrogens is 224 g/mol. The van der Waals surface area contributed by atoms with E-state index in [0.29, 0.717) is 18.7 Å². The lowest BCUT2D eigenvalue weighted by molar-refractivity contribution is 0.459. The molecule has 0 spiro atoms. The average Bonchev–Trinajstić information content (AvgIpc) is 2.39. The summed E-state index contributed by atoms with van der Waals surface area (Å²) >= 11 is 0. The number of rotatable bonds is 4. The van der Waals surface area contributed by atoms with E-state index in [2.05, 4.69) is 11.4 Å². The SMILES string of the molecule is CC(NCCC#N)c1ccc2ccccc2c1O. The zero-order valence-corrected chi connectivity index (χ0v) is 10.4. The van der Waals surface area contributed by atoms with Crippen molar-refractivity contribution in [2.45, 2.75) is 19.4 Å². The summed E-state index contributed by atoms with van der Waals surface area (Å²) in [5.41, 5.74) is 0.867. The van der Waals surface area contributed by atoms with Gasteiger partial charge in [-0.3, -0.25) is 0 Å². The first-order valence-corrected chi connectivity index (χ1v) is 6.05. The van der Waals surface area contributed by atoms with Gasteiger partial charge < -0.3 is 10.4 Å². The van der Waals surface area contributed by atoms with E-state index in [0.717, 1.165) is 16.3 Å². The summed E-state index contributed by atoms with van der Waals surface area (Å²) in [5.74, 6) is 0.324. The van der Waals surface area contributed by atoms with Gasteiger partial charge in [-0.1, -0.05) is 36.4 Å². The molecule has 0 saturated carbocycles. The van der Waals surface area contributed by atoms with Crippen LogP contribution in [0, 0.1) is 11.3 Å². The molecule has 0 amide bonds. The molecule has 0 heterocycles. The van der Waals surface area contributed by atoms with E-state index < -0.39 is 0 Å². The highest BCUT2D eigenvalue weighted by molar-refractivity contribution is 5.89. The van der Waals surface area contributed by atoms with Crippen LogP contribution >= 0.6 is 0 Å². The Morgan fingerprint density at radius 3 is 2.83 bits per heavy atom. The Morgan fingerprint density at radius 2 is 2.06 bits per heavy atom. The Labute approximate surface area is 107 Å². The summed E-state index contributed by atoms with van der Waals surface area (Å²) < 4.78 is 0. The highest BCUT2D eigenvalue weighted by Gasteiger charge is 2.11. The second kappa shape index (κ2) is 5.52. The van der Waals surface area contributed by atoms with E-state index in [9.17, 15) is 5.11 Å². The molecule has 2 N–H and O–H groups in total. The molecule has 3 nitrogen and oxygen atoms in total.